The van der Waals surface area contributed by atoms with Crippen molar-refractivity contribution in [2.24, 2.45) is 5.73 Å². The molecule has 0 saturated heterocycles. The van der Waals surface area contributed by atoms with E-state index in [1.54, 1.807) is 0 Å². The Morgan fingerprint density at radius 3 is 2.35 bits per heavy atom. The molecule has 0 aliphatic carbocycles. The number of carbonyl (C=O) groups is 2. The minimum atomic E-state index is -4.07. The molecule has 1 rings (SSSR count). The molecule has 0 atom stereocenters. The van der Waals surface area contributed by atoms with Crippen LogP contribution in [0, 0.1) is 0 Å². The maximum absolute atomic E-state index is 11.9. The van der Waals surface area contributed by atoms with Gasteiger partial charge in [0.1, 0.15) is 4.90 Å². The molecule has 1 aromatic rings. The van der Waals surface area contributed by atoms with Gasteiger partial charge in [0.15, 0.2) is 0 Å². The van der Waals surface area contributed by atoms with Gasteiger partial charge in [-0.3, -0.25) is 4.79 Å². The Morgan fingerprint density at radius 1 is 1.25 bits per heavy atom. The minimum absolute atomic E-state index is 0.182. The summed E-state index contributed by atoms with van der Waals surface area (Å²) in [6, 6.07) is 1.87. The van der Waals surface area contributed by atoms with Gasteiger partial charge in [0.05, 0.1) is 15.6 Å². The van der Waals surface area contributed by atoms with Crippen molar-refractivity contribution >= 4 is 45.1 Å². The molecule has 0 saturated carbocycles. The number of primary amides is 1. The lowest BCUT2D eigenvalue weighted by atomic mass is 10.2. The highest BCUT2D eigenvalue weighted by atomic mass is 35.5. The molecule has 7 nitrogen and oxygen atoms in total. The average molecular weight is 341 g/mol. The highest BCUT2D eigenvalue weighted by molar-refractivity contribution is 7.89. The number of sulfonamides is 1. The van der Waals surface area contributed by atoms with Crippen LogP contribution in [0.15, 0.2) is 17.0 Å². The summed E-state index contributed by atoms with van der Waals surface area (Å²) >= 11 is 11.4. The summed E-state index contributed by atoms with van der Waals surface area (Å²) < 4.78 is 26.0. The predicted octanol–water partition coefficient (Wildman–Crippen LogP) is 0.845. The van der Waals surface area contributed by atoms with E-state index in [-0.39, 0.29) is 23.0 Å². The molecule has 4 N–H and O–H groups in total. The number of nitrogens with one attached hydrogen (secondary N) is 1. The van der Waals surface area contributed by atoms with Crippen LogP contribution in [0.4, 0.5) is 0 Å². The van der Waals surface area contributed by atoms with E-state index in [4.69, 9.17) is 34.0 Å². The van der Waals surface area contributed by atoms with Crippen LogP contribution in [0.1, 0.15) is 16.8 Å². The Kier molecular flexibility index (Phi) is 5.35. The molecule has 1 amide bonds. The van der Waals surface area contributed by atoms with E-state index in [0.717, 1.165) is 12.1 Å². The van der Waals surface area contributed by atoms with E-state index in [1.807, 2.05) is 0 Å². The zero-order valence-corrected chi connectivity index (χ0v) is 12.2. The molecule has 0 spiro atoms. The number of halogens is 2. The third-order valence-corrected chi connectivity index (χ3v) is 4.44. The van der Waals surface area contributed by atoms with E-state index in [9.17, 15) is 18.0 Å². The number of carboxylic acid groups (broad SMARTS) is 1. The maximum atomic E-state index is 11.9. The number of nitrogens with two attached hydrogens (primary N) is 1. The van der Waals surface area contributed by atoms with Crippen molar-refractivity contribution in [1.82, 2.24) is 4.72 Å². The van der Waals surface area contributed by atoms with Gasteiger partial charge in [-0.05, 0) is 12.1 Å². The lowest BCUT2D eigenvalue weighted by Crippen LogP contribution is -2.28. The third-order valence-electron chi connectivity index (χ3n) is 2.20. The van der Waals surface area contributed by atoms with Crippen molar-refractivity contribution in [3.05, 3.63) is 27.7 Å². The van der Waals surface area contributed by atoms with Crippen LogP contribution in [-0.2, 0) is 14.8 Å². The molecule has 0 unspecified atom stereocenters. The van der Waals surface area contributed by atoms with Crippen molar-refractivity contribution < 1.29 is 23.1 Å². The summed E-state index contributed by atoms with van der Waals surface area (Å²) in [5.74, 6) is -2.07. The number of carboxylic acids is 1. The number of rotatable bonds is 6. The molecule has 0 bridgehead atoms. The van der Waals surface area contributed by atoms with E-state index in [2.05, 4.69) is 4.72 Å². The monoisotopic (exact) mass is 340 g/mol. The van der Waals surface area contributed by atoms with Crippen LogP contribution in [0.2, 0.25) is 10.0 Å². The summed E-state index contributed by atoms with van der Waals surface area (Å²) in [4.78, 5) is 21.0. The smallest absolute Gasteiger partial charge is 0.337 e. The second-order valence-corrected chi connectivity index (χ2v) is 6.23. The first kappa shape index (κ1) is 16.7. The topological polar surface area (TPSA) is 127 Å². The van der Waals surface area contributed by atoms with Gasteiger partial charge in [-0.1, -0.05) is 23.2 Å². The Labute approximate surface area is 124 Å². The molecule has 0 aromatic heterocycles. The zero-order chi connectivity index (χ0) is 15.5. The SMILES string of the molecule is NC(=O)CCNS(=O)(=O)c1cc(C(=O)O)c(Cl)cc1Cl. The van der Waals surface area contributed by atoms with Gasteiger partial charge in [0, 0.05) is 13.0 Å². The van der Waals surface area contributed by atoms with E-state index >= 15 is 0 Å². The highest BCUT2D eigenvalue weighted by Crippen LogP contribution is 2.28. The van der Waals surface area contributed by atoms with E-state index in [1.165, 1.54) is 0 Å². The third kappa shape index (κ3) is 4.07. The molecule has 1 aromatic carbocycles. The van der Waals surface area contributed by atoms with Crippen LogP contribution in [-0.4, -0.2) is 31.9 Å². The Hall–Kier alpha value is -1.35. The van der Waals surface area contributed by atoms with Crippen LogP contribution in [0.25, 0.3) is 0 Å². The van der Waals surface area contributed by atoms with E-state index < -0.39 is 32.4 Å². The van der Waals surface area contributed by atoms with Gasteiger partial charge >= 0.3 is 5.97 Å². The first-order valence-corrected chi connectivity index (χ1v) is 7.39. The van der Waals surface area contributed by atoms with Gasteiger partial charge in [-0.2, -0.15) is 0 Å². The van der Waals surface area contributed by atoms with E-state index in [0.29, 0.717) is 0 Å². The van der Waals surface area contributed by atoms with Crippen molar-refractivity contribution in [3.8, 4) is 0 Å². The number of hydrogen-bond acceptors (Lipinski definition) is 4. The molecule has 0 radical (unpaired) electrons. The van der Waals surface area contributed by atoms with Crippen molar-refractivity contribution in [3.63, 3.8) is 0 Å². The fraction of sp³-hybridized carbons (Fsp3) is 0.200. The summed E-state index contributed by atoms with van der Waals surface area (Å²) in [6.45, 7) is -0.223. The summed E-state index contributed by atoms with van der Waals surface area (Å²) in [5, 5.41) is 8.48. The summed E-state index contributed by atoms with van der Waals surface area (Å²) in [5.41, 5.74) is 4.48. The predicted molar refractivity (Wildman–Crippen MR) is 72.4 cm³/mol. The zero-order valence-electron chi connectivity index (χ0n) is 9.89. The Balaban J connectivity index is 3.14. The number of hydrogen-bond donors (Lipinski definition) is 3. The fourth-order valence-electron chi connectivity index (χ4n) is 1.29. The standard InChI is InChI=1S/C10H10Cl2N2O5S/c11-6-4-7(12)8(3-5(6)10(16)17)20(18,19)14-2-1-9(13)15/h3-4,14H,1-2H2,(H2,13,15)(H,16,17). The van der Waals surface area contributed by atoms with Crippen molar-refractivity contribution in [2.45, 2.75) is 11.3 Å². The number of aromatic carboxylic acids is 1. The second kappa shape index (κ2) is 6.40. The lowest BCUT2D eigenvalue weighted by Gasteiger charge is -2.09. The number of carbonyl (C=O) groups excluding carboxylic acids is 1. The Morgan fingerprint density at radius 2 is 1.85 bits per heavy atom. The molecule has 0 fully saturated rings. The number of amides is 1. The van der Waals surface area contributed by atoms with Crippen molar-refractivity contribution in [1.29, 1.82) is 0 Å². The molecule has 0 aliphatic rings. The molecular formula is C10H10Cl2N2O5S. The molecule has 0 heterocycles. The van der Waals surface area contributed by atoms with Crippen LogP contribution < -0.4 is 10.5 Å². The number of benzene rings is 1. The first-order chi connectivity index (χ1) is 9.15. The first-order valence-electron chi connectivity index (χ1n) is 5.15. The Bertz CT molecular complexity index is 660. The minimum Gasteiger partial charge on any atom is -0.478 e. The maximum Gasteiger partial charge on any atom is 0.337 e. The molecule has 0 aliphatic heterocycles. The normalized spacial score (nSPS) is 11.3. The van der Waals surface area contributed by atoms with Gasteiger partial charge in [0.25, 0.3) is 0 Å². The average Bonchev–Trinajstić information content (AvgIpc) is 2.26. The van der Waals surface area contributed by atoms with Gasteiger partial charge in [0.2, 0.25) is 15.9 Å². The lowest BCUT2D eigenvalue weighted by molar-refractivity contribution is -0.117. The molecule has 110 valence electrons. The summed E-state index contributed by atoms with van der Waals surface area (Å²) in [7, 11) is -4.07. The molecule has 20 heavy (non-hydrogen) atoms. The van der Waals surface area contributed by atoms with Crippen LogP contribution in [0.5, 0.6) is 0 Å². The highest BCUT2D eigenvalue weighted by Gasteiger charge is 2.22. The van der Waals surface area contributed by atoms with Crippen LogP contribution in [0.3, 0.4) is 0 Å². The van der Waals surface area contributed by atoms with Gasteiger partial charge in [-0.15, -0.1) is 0 Å². The van der Waals surface area contributed by atoms with Crippen LogP contribution >= 0.6 is 23.2 Å². The largest absolute Gasteiger partial charge is 0.478 e. The molecular weight excluding hydrogens is 331 g/mol. The quantitative estimate of drug-likeness (QED) is 0.707. The van der Waals surface area contributed by atoms with Gasteiger partial charge < -0.3 is 10.8 Å². The van der Waals surface area contributed by atoms with Gasteiger partial charge in [-0.25, -0.2) is 17.9 Å². The van der Waals surface area contributed by atoms with Crippen molar-refractivity contribution in [2.75, 3.05) is 6.54 Å². The second-order valence-electron chi connectivity index (χ2n) is 3.68. The molecule has 10 heteroatoms. The fourth-order valence-corrected chi connectivity index (χ4v) is 3.17. The summed E-state index contributed by atoms with van der Waals surface area (Å²) in [6.07, 6.45) is -0.198.